The monoisotopic (exact) mass is 242 g/mol. The van der Waals surface area contributed by atoms with E-state index in [1.807, 2.05) is 20.8 Å². The van der Waals surface area contributed by atoms with Crippen LogP contribution in [0.4, 0.5) is 4.79 Å². The van der Waals surface area contributed by atoms with Crippen LogP contribution >= 0.6 is 0 Å². The average Bonchev–Trinajstić information content (AvgIpc) is 2.57. The first-order valence-corrected chi connectivity index (χ1v) is 6.21. The fraction of sp³-hybridized carbons (Fsp3) is 0.917. The summed E-state index contributed by atoms with van der Waals surface area (Å²) < 4.78 is 10.8. The third-order valence-electron chi connectivity index (χ3n) is 3.33. The van der Waals surface area contributed by atoms with E-state index in [0.717, 1.165) is 26.1 Å². The Labute approximate surface area is 102 Å². The quantitative estimate of drug-likeness (QED) is 0.717. The van der Waals surface area contributed by atoms with Gasteiger partial charge < -0.3 is 20.1 Å². The van der Waals surface area contributed by atoms with Crippen molar-refractivity contribution >= 4 is 6.09 Å². The van der Waals surface area contributed by atoms with E-state index in [2.05, 4.69) is 10.6 Å². The van der Waals surface area contributed by atoms with Crippen LogP contribution in [0.1, 0.15) is 27.2 Å². The van der Waals surface area contributed by atoms with Gasteiger partial charge in [0.05, 0.1) is 12.1 Å². The molecule has 0 saturated carbocycles. The molecule has 5 heteroatoms. The topological polar surface area (TPSA) is 59.6 Å². The summed E-state index contributed by atoms with van der Waals surface area (Å²) in [6, 6.07) is 0. The fourth-order valence-corrected chi connectivity index (χ4v) is 2.53. The second-order valence-electron chi connectivity index (χ2n) is 5.95. The second-order valence-corrected chi connectivity index (χ2v) is 5.95. The summed E-state index contributed by atoms with van der Waals surface area (Å²) in [4.78, 5) is 11.8. The van der Waals surface area contributed by atoms with E-state index in [1.165, 1.54) is 0 Å². The van der Waals surface area contributed by atoms with Crippen molar-refractivity contribution < 1.29 is 14.3 Å². The van der Waals surface area contributed by atoms with Crippen molar-refractivity contribution in [2.45, 2.75) is 38.3 Å². The molecule has 0 aromatic rings. The number of alkyl carbamates (subject to hydrolysis) is 1. The molecule has 2 saturated heterocycles. The molecule has 2 N–H and O–H groups in total. The summed E-state index contributed by atoms with van der Waals surface area (Å²) in [5.41, 5.74) is -0.738. The number of carbonyl (C=O) groups excluding carboxylic acids is 1. The van der Waals surface area contributed by atoms with Crippen molar-refractivity contribution in [3.63, 3.8) is 0 Å². The molecule has 0 aromatic carbocycles. The molecule has 1 amide bonds. The molecular weight excluding hydrogens is 220 g/mol. The Kier molecular flexibility index (Phi) is 3.32. The van der Waals surface area contributed by atoms with Gasteiger partial charge in [-0.1, -0.05) is 0 Å². The van der Waals surface area contributed by atoms with E-state index in [0.29, 0.717) is 12.5 Å². The van der Waals surface area contributed by atoms with E-state index in [9.17, 15) is 4.79 Å². The molecule has 2 fully saturated rings. The normalized spacial score (nSPS) is 33.0. The highest BCUT2D eigenvalue weighted by Gasteiger charge is 2.46. The number of hydrogen-bond acceptors (Lipinski definition) is 4. The van der Waals surface area contributed by atoms with Crippen LogP contribution in [0.15, 0.2) is 0 Å². The molecule has 17 heavy (non-hydrogen) atoms. The van der Waals surface area contributed by atoms with Crippen molar-refractivity contribution in [2.24, 2.45) is 5.92 Å². The van der Waals surface area contributed by atoms with Crippen LogP contribution in [0.5, 0.6) is 0 Å². The first kappa shape index (κ1) is 12.6. The minimum Gasteiger partial charge on any atom is -0.444 e. The molecule has 5 nitrogen and oxygen atoms in total. The predicted molar refractivity (Wildman–Crippen MR) is 63.9 cm³/mol. The Bertz CT molecular complexity index is 301. The van der Waals surface area contributed by atoms with Crippen LogP contribution in [0.2, 0.25) is 0 Å². The number of rotatable bonds is 1. The number of amides is 1. The van der Waals surface area contributed by atoms with Crippen LogP contribution in [-0.2, 0) is 9.47 Å². The van der Waals surface area contributed by atoms with E-state index in [1.54, 1.807) is 0 Å². The molecule has 0 aliphatic carbocycles. The van der Waals surface area contributed by atoms with Gasteiger partial charge in [0.25, 0.3) is 0 Å². The lowest BCUT2D eigenvalue weighted by Crippen LogP contribution is -2.60. The van der Waals surface area contributed by atoms with E-state index in [4.69, 9.17) is 9.47 Å². The molecule has 2 aliphatic rings. The van der Waals surface area contributed by atoms with Gasteiger partial charge in [0, 0.05) is 25.6 Å². The highest BCUT2D eigenvalue weighted by atomic mass is 16.6. The van der Waals surface area contributed by atoms with Gasteiger partial charge in [0.2, 0.25) is 0 Å². The number of ether oxygens (including phenoxy) is 2. The van der Waals surface area contributed by atoms with Crippen LogP contribution in [-0.4, -0.2) is 43.5 Å². The third-order valence-corrected chi connectivity index (χ3v) is 3.33. The van der Waals surface area contributed by atoms with Gasteiger partial charge in [-0.3, -0.25) is 0 Å². The Hall–Kier alpha value is -0.810. The van der Waals surface area contributed by atoms with E-state index < -0.39 is 5.60 Å². The molecule has 2 heterocycles. The zero-order valence-electron chi connectivity index (χ0n) is 10.8. The number of nitrogens with one attached hydrogen (secondary N) is 2. The maximum atomic E-state index is 11.8. The lowest BCUT2D eigenvalue weighted by Gasteiger charge is -2.39. The van der Waals surface area contributed by atoms with E-state index >= 15 is 0 Å². The van der Waals surface area contributed by atoms with Gasteiger partial charge in [-0.2, -0.15) is 0 Å². The minimum absolute atomic E-state index is 0.277. The summed E-state index contributed by atoms with van der Waals surface area (Å²) in [6.07, 6.45) is 0.639. The van der Waals surface area contributed by atoms with Gasteiger partial charge in [-0.05, 0) is 27.2 Å². The zero-order valence-corrected chi connectivity index (χ0v) is 10.8. The molecule has 0 radical (unpaired) electrons. The second kappa shape index (κ2) is 4.46. The van der Waals surface area contributed by atoms with Gasteiger partial charge in [0.15, 0.2) is 0 Å². The Balaban J connectivity index is 1.98. The van der Waals surface area contributed by atoms with Crippen molar-refractivity contribution in [3.8, 4) is 0 Å². The van der Waals surface area contributed by atoms with Crippen LogP contribution < -0.4 is 10.6 Å². The first-order chi connectivity index (χ1) is 7.91. The molecule has 98 valence electrons. The molecule has 0 aromatic heterocycles. The highest BCUT2D eigenvalue weighted by molar-refractivity contribution is 5.69. The number of hydrogen-bond donors (Lipinski definition) is 2. The maximum absolute atomic E-state index is 11.8. The minimum atomic E-state index is -0.461. The molecule has 2 atom stereocenters. The third kappa shape index (κ3) is 2.90. The predicted octanol–water partition coefficient (Wildman–Crippen LogP) is 0.890. The molecular formula is C12H22N2O3. The summed E-state index contributed by atoms with van der Waals surface area (Å²) in [7, 11) is 0. The van der Waals surface area contributed by atoms with Gasteiger partial charge in [0.1, 0.15) is 5.60 Å². The average molecular weight is 242 g/mol. The van der Waals surface area contributed by atoms with Gasteiger partial charge >= 0.3 is 6.09 Å². The SMILES string of the molecule is CC(C)(C)OC(=O)N[C@]12CNC[C@@H]1CCOC2. The van der Waals surface area contributed by atoms with Crippen molar-refractivity contribution in [3.05, 3.63) is 0 Å². The highest BCUT2D eigenvalue weighted by Crippen LogP contribution is 2.29. The van der Waals surface area contributed by atoms with Crippen molar-refractivity contribution in [2.75, 3.05) is 26.3 Å². The van der Waals surface area contributed by atoms with E-state index in [-0.39, 0.29) is 11.6 Å². The molecule has 0 spiro atoms. The molecule has 0 bridgehead atoms. The Morgan fingerprint density at radius 2 is 2.29 bits per heavy atom. The Morgan fingerprint density at radius 3 is 3.00 bits per heavy atom. The lowest BCUT2D eigenvalue weighted by molar-refractivity contribution is -0.00891. The fourth-order valence-electron chi connectivity index (χ4n) is 2.53. The first-order valence-electron chi connectivity index (χ1n) is 6.21. The summed E-state index contributed by atoms with van der Waals surface area (Å²) >= 11 is 0. The summed E-state index contributed by atoms with van der Waals surface area (Å²) in [6.45, 7) is 8.66. The van der Waals surface area contributed by atoms with Crippen LogP contribution in [0.3, 0.4) is 0 Å². The van der Waals surface area contributed by atoms with Gasteiger partial charge in [-0.25, -0.2) is 4.79 Å². The zero-order chi connectivity index (χ0) is 12.5. The molecule has 2 aliphatic heterocycles. The number of fused-ring (bicyclic) bond motifs is 1. The van der Waals surface area contributed by atoms with Crippen LogP contribution in [0, 0.1) is 5.92 Å². The lowest BCUT2D eigenvalue weighted by atomic mass is 9.84. The Morgan fingerprint density at radius 1 is 1.53 bits per heavy atom. The smallest absolute Gasteiger partial charge is 0.408 e. The van der Waals surface area contributed by atoms with Gasteiger partial charge in [-0.15, -0.1) is 0 Å². The molecule has 0 unspecified atom stereocenters. The molecule has 2 rings (SSSR count). The summed E-state index contributed by atoms with van der Waals surface area (Å²) in [5, 5.41) is 6.33. The van der Waals surface area contributed by atoms with Crippen LogP contribution in [0.25, 0.3) is 0 Å². The van der Waals surface area contributed by atoms with Crippen molar-refractivity contribution in [1.29, 1.82) is 0 Å². The van der Waals surface area contributed by atoms with Crippen molar-refractivity contribution in [1.82, 2.24) is 10.6 Å². The largest absolute Gasteiger partial charge is 0.444 e. The number of carbonyl (C=O) groups is 1. The summed E-state index contributed by atoms with van der Waals surface area (Å²) in [5.74, 6) is 0.448. The maximum Gasteiger partial charge on any atom is 0.408 e. The standard InChI is InChI=1S/C12H22N2O3/c1-11(2,3)17-10(15)14-12-7-13-6-9(12)4-5-16-8-12/h9,13H,4-8H2,1-3H3,(H,14,15)/t9-,12-/m0/s1.